The minimum Gasteiger partial charge on any atom is -0.468 e. The van der Waals surface area contributed by atoms with Crippen molar-refractivity contribution in [2.45, 2.75) is 44.3 Å². The van der Waals surface area contributed by atoms with Crippen molar-refractivity contribution in [3.63, 3.8) is 0 Å². The lowest BCUT2D eigenvalue weighted by Crippen LogP contribution is -2.43. The third kappa shape index (κ3) is 4.97. The third-order valence-corrected chi connectivity index (χ3v) is 9.65. The van der Waals surface area contributed by atoms with Crippen LogP contribution in [-0.2, 0) is 4.74 Å². The van der Waals surface area contributed by atoms with Gasteiger partial charge in [-0.15, -0.1) is 5.10 Å². The van der Waals surface area contributed by atoms with Crippen LogP contribution in [0.3, 0.4) is 0 Å². The van der Waals surface area contributed by atoms with Gasteiger partial charge < -0.3 is 23.5 Å². The first kappa shape index (κ1) is 29.7. The normalized spacial score (nSPS) is 21.0. The summed E-state index contributed by atoms with van der Waals surface area (Å²) in [7, 11) is 1.51. The molecule has 0 amide bonds. The summed E-state index contributed by atoms with van der Waals surface area (Å²) in [4.78, 5) is 27.5. The van der Waals surface area contributed by atoms with Crippen molar-refractivity contribution in [3.8, 4) is 34.3 Å². The summed E-state index contributed by atoms with van der Waals surface area (Å²) in [5, 5.41) is 11.8. The van der Waals surface area contributed by atoms with Crippen molar-refractivity contribution in [1.29, 1.82) is 0 Å². The Bertz CT molecular complexity index is 2050. The highest BCUT2D eigenvalue weighted by Gasteiger charge is 2.49. The van der Waals surface area contributed by atoms with Gasteiger partial charge in [-0.2, -0.15) is 9.97 Å². The molecule has 0 bridgehead atoms. The van der Waals surface area contributed by atoms with E-state index in [0.29, 0.717) is 51.9 Å². The highest BCUT2D eigenvalue weighted by Crippen LogP contribution is 2.43. The molecule has 0 spiro atoms. The largest absolute Gasteiger partial charge is 0.468 e. The standard InChI is InChI=1S/C33H33F2N7O5/c1-18-28-27(30(41-8-4-9-41)38-32(37-28)45-16-33-7-3-10-42(33)15-20(34)13-33)31(43)47-29(18)22-12-21(46-17-44-2)11-19-5-6-23(35)26(25(19)22)24-14-36-40-39-24/h5-6,11-12,14,20H,3-4,7-10,13,15-17H2,1-2H3,(H,36,39,40)/t20-,33+/m1/s1. The molecule has 3 aliphatic heterocycles. The van der Waals surface area contributed by atoms with Crippen molar-refractivity contribution in [2.24, 2.45) is 0 Å². The summed E-state index contributed by atoms with van der Waals surface area (Å²) in [5.41, 5.74) is 0.711. The number of aromatic amines is 1. The van der Waals surface area contributed by atoms with E-state index in [2.05, 4.69) is 20.3 Å². The molecule has 3 aromatic heterocycles. The van der Waals surface area contributed by atoms with Crippen LogP contribution in [0.2, 0.25) is 0 Å². The van der Waals surface area contributed by atoms with E-state index in [1.54, 1.807) is 25.1 Å². The number of alkyl halides is 1. The summed E-state index contributed by atoms with van der Waals surface area (Å²) in [5.74, 6) is 0.512. The topological polar surface area (TPSA) is 132 Å². The van der Waals surface area contributed by atoms with Crippen LogP contribution >= 0.6 is 0 Å². The zero-order chi connectivity index (χ0) is 32.3. The van der Waals surface area contributed by atoms with Crippen LogP contribution in [0.25, 0.3) is 44.3 Å². The van der Waals surface area contributed by atoms with Crippen LogP contribution in [0.5, 0.6) is 11.8 Å². The van der Waals surface area contributed by atoms with Gasteiger partial charge >= 0.3 is 11.6 Å². The van der Waals surface area contributed by atoms with Crippen LogP contribution in [0.1, 0.15) is 31.2 Å². The molecule has 3 saturated heterocycles. The number of methoxy groups -OCH3 is 1. The second kappa shape index (κ2) is 11.5. The molecule has 6 heterocycles. The van der Waals surface area contributed by atoms with E-state index in [1.807, 2.05) is 4.90 Å². The van der Waals surface area contributed by atoms with E-state index in [4.69, 9.17) is 28.6 Å². The zero-order valence-corrected chi connectivity index (χ0v) is 26.0. The average Bonchev–Trinajstić information content (AvgIpc) is 3.76. The minimum absolute atomic E-state index is 0.0296. The highest BCUT2D eigenvalue weighted by atomic mass is 19.1. The predicted molar refractivity (Wildman–Crippen MR) is 169 cm³/mol. The summed E-state index contributed by atoms with van der Waals surface area (Å²) >= 11 is 0. The number of halogens is 2. The fourth-order valence-corrected chi connectivity index (χ4v) is 7.32. The van der Waals surface area contributed by atoms with Gasteiger partial charge in [0.2, 0.25) is 0 Å². The molecular weight excluding hydrogens is 612 g/mol. The molecule has 2 atom stereocenters. The molecule has 0 radical (unpaired) electrons. The van der Waals surface area contributed by atoms with Gasteiger partial charge in [0.15, 0.2) is 12.6 Å². The summed E-state index contributed by atoms with van der Waals surface area (Å²) in [6.07, 6.45) is 3.79. The van der Waals surface area contributed by atoms with Crippen molar-refractivity contribution in [2.75, 3.05) is 51.6 Å². The molecule has 14 heteroatoms. The molecular formula is C33H33F2N7O5. The van der Waals surface area contributed by atoms with Crippen LogP contribution in [0.4, 0.5) is 14.6 Å². The number of rotatable bonds is 9. The van der Waals surface area contributed by atoms with Crippen molar-refractivity contribution in [3.05, 3.63) is 52.3 Å². The van der Waals surface area contributed by atoms with Crippen LogP contribution in [0.15, 0.2) is 39.7 Å². The molecule has 47 heavy (non-hydrogen) atoms. The number of ether oxygens (including phenoxy) is 3. The van der Waals surface area contributed by atoms with Gasteiger partial charge in [-0.3, -0.25) is 10.00 Å². The molecule has 0 saturated carbocycles. The molecule has 1 N–H and O–H groups in total. The Balaban J connectivity index is 1.32. The Hall–Kier alpha value is -4.69. The molecule has 3 aliphatic rings. The maximum Gasteiger partial charge on any atom is 0.349 e. The van der Waals surface area contributed by atoms with E-state index in [9.17, 15) is 9.18 Å². The molecule has 12 nitrogen and oxygen atoms in total. The molecule has 8 rings (SSSR count). The molecule has 2 aromatic carbocycles. The molecule has 244 valence electrons. The first-order valence-corrected chi connectivity index (χ1v) is 15.7. The first-order chi connectivity index (χ1) is 22.8. The number of aryl methyl sites for hydroxylation is 1. The Morgan fingerprint density at radius 1 is 1.13 bits per heavy atom. The van der Waals surface area contributed by atoms with Gasteiger partial charge in [0, 0.05) is 55.2 Å². The Kier molecular flexibility index (Phi) is 7.28. The predicted octanol–water partition coefficient (Wildman–Crippen LogP) is 4.78. The second-order valence-corrected chi connectivity index (χ2v) is 12.5. The monoisotopic (exact) mass is 645 g/mol. The number of aromatic nitrogens is 5. The lowest BCUT2D eigenvalue weighted by atomic mass is 9.93. The van der Waals surface area contributed by atoms with E-state index in [1.165, 1.54) is 19.4 Å². The lowest BCUT2D eigenvalue weighted by Gasteiger charge is -2.33. The van der Waals surface area contributed by atoms with Crippen molar-refractivity contribution < 1.29 is 27.4 Å². The highest BCUT2D eigenvalue weighted by molar-refractivity contribution is 6.07. The zero-order valence-electron chi connectivity index (χ0n) is 26.0. The fraction of sp³-hybridized carbons (Fsp3) is 0.424. The summed E-state index contributed by atoms with van der Waals surface area (Å²) < 4.78 is 53.4. The van der Waals surface area contributed by atoms with E-state index < -0.39 is 23.2 Å². The average molecular weight is 646 g/mol. The van der Waals surface area contributed by atoms with E-state index in [-0.39, 0.29) is 41.8 Å². The number of hydrogen-bond donors (Lipinski definition) is 1. The van der Waals surface area contributed by atoms with Gasteiger partial charge in [0.25, 0.3) is 0 Å². The third-order valence-electron chi connectivity index (χ3n) is 9.65. The lowest BCUT2D eigenvalue weighted by molar-refractivity contribution is 0.0512. The number of nitrogens with one attached hydrogen (secondary N) is 1. The Morgan fingerprint density at radius 2 is 2.00 bits per heavy atom. The number of fused-ring (bicyclic) bond motifs is 3. The van der Waals surface area contributed by atoms with Gasteiger partial charge in [-0.25, -0.2) is 13.6 Å². The van der Waals surface area contributed by atoms with Crippen molar-refractivity contribution >= 4 is 27.5 Å². The smallest absolute Gasteiger partial charge is 0.349 e. The molecule has 0 unspecified atom stereocenters. The SMILES string of the molecule is COCOc1cc(-c2oc(=O)c3c(N4CCC4)nc(OC[C@@]45CCCN4C[C@H](F)C5)nc3c2C)c2c(-c3c[nH]nn3)c(F)ccc2c1. The number of anilines is 1. The first-order valence-electron chi connectivity index (χ1n) is 15.7. The maximum absolute atomic E-state index is 15.6. The number of hydrogen-bond acceptors (Lipinski definition) is 11. The molecule has 5 aromatic rings. The molecule has 3 fully saturated rings. The van der Waals surface area contributed by atoms with Gasteiger partial charge in [-0.1, -0.05) is 11.3 Å². The second-order valence-electron chi connectivity index (χ2n) is 12.5. The fourth-order valence-electron chi connectivity index (χ4n) is 7.32. The van der Waals surface area contributed by atoms with Gasteiger partial charge in [0.1, 0.15) is 41.2 Å². The number of nitrogens with zero attached hydrogens (tertiary/aromatic N) is 6. The van der Waals surface area contributed by atoms with E-state index in [0.717, 1.165) is 38.9 Å². The summed E-state index contributed by atoms with van der Waals surface area (Å²) in [6.45, 7) is 4.69. The quantitative estimate of drug-likeness (QED) is 0.222. The van der Waals surface area contributed by atoms with Crippen LogP contribution in [-0.4, -0.2) is 88.7 Å². The van der Waals surface area contributed by atoms with E-state index >= 15 is 4.39 Å². The minimum atomic E-state index is -0.895. The number of benzene rings is 2. The Morgan fingerprint density at radius 3 is 2.77 bits per heavy atom. The molecule has 0 aliphatic carbocycles. The van der Waals surface area contributed by atoms with Gasteiger partial charge in [-0.05, 0) is 56.3 Å². The van der Waals surface area contributed by atoms with Crippen LogP contribution in [0, 0.1) is 12.7 Å². The van der Waals surface area contributed by atoms with Gasteiger partial charge in [0.05, 0.1) is 17.3 Å². The maximum atomic E-state index is 15.6. The number of H-pyrrole nitrogens is 1. The van der Waals surface area contributed by atoms with Crippen molar-refractivity contribution in [1.82, 2.24) is 30.3 Å². The summed E-state index contributed by atoms with van der Waals surface area (Å²) in [6, 6.07) is 6.51. The Labute approximate surface area is 267 Å². The van der Waals surface area contributed by atoms with Crippen LogP contribution < -0.4 is 20.0 Å².